The van der Waals surface area contributed by atoms with Crippen LogP contribution in [0.3, 0.4) is 0 Å². The maximum absolute atomic E-state index is 12.1. The van der Waals surface area contributed by atoms with Crippen molar-refractivity contribution in [1.82, 2.24) is 10.2 Å². The van der Waals surface area contributed by atoms with E-state index in [4.69, 9.17) is 0 Å². The predicted molar refractivity (Wildman–Crippen MR) is 76.3 cm³/mol. The molecule has 100 valence electrons. The van der Waals surface area contributed by atoms with E-state index in [1.807, 2.05) is 0 Å². The minimum Gasteiger partial charge on any atom is -0.342 e. The minimum absolute atomic E-state index is 0. The van der Waals surface area contributed by atoms with Gasteiger partial charge in [-0.05, 0) is 29.7 Å². The molecule has 3 nitrogen and oxygen atoms in total. The van der Waals surface area contributed by atoms with Crippen molar-refractivity contribution in [1.29, 1.82) is 0 Å². The average Bonchev–Trinajstić information content (AvgIpc) is 3.01. The second-order valence-electron chi connectivity index (χ2n) is 5.06. The van der Waals surface area contributed by atoms with Gasteiger partial charge in [0.05, 0.1) is 0 Å². The summed E-state index contributed by atoms with van der Waals surface area (Å²) in [5.74, 6) is 1.76. The third kappa shape index (κ3) is 2.87. The summed E-state index contributed by atoms with van der Waals surface area (Å²) in [7, 11) is 0. The summed E-state index contributed by atoms with van der Waals surface area (Å²) < 4.78 is 0. The molecule has 2 aliphatic rings. The third-order valence-corrected chi connectivity index (χ3v) is 4.84. The lowest BCUT2D eigenvalue weighted by Crippen LogP contribution is -2.31. The van der Waals surface area contributed by atoms with Gasteiger partial charge in [0.1, 0.15) is 0 Å². The molecule has 1 aromatic rings. The molecule has 0 aliphatic carbocycles. The summed E-state index contributed by atoms with van der Waals surface area (Å²) in [5, 5.41) is 5.48. The normalized spacial score (nSPS) is 25.9. The molecule has 2 aliphatic heterocycles. The van der Waals surface area contributed by atoms with E-state index in [1.54, 1.807) is 11.3 Å². The van der Waals surface area contributed by atoms with Crippen molar-refractivity contribution in [2.24, 2.45) is 11.8 Å². The van der Waals surface area contributed by atoms with Gasteiger partial charge in [-0.25, -0.2) is 0 Å². The molecule has 0 unspecified atom stereocenters. The number of halogens is 1. The number of nitrogens with one attached hydrogen (secondary N) is 1. The summed E-state index contributed by atoms with van der Waals surface area (Å²) in [5.41, 5.74) is 0. The maximum Gasteiger partial charge on any atom is 0.222 e. The van der Waals surface area contributed by atoms with E-state index < -0.39 is 0 Å². The number of aryl methyl sites for hydroxylation is 1. The van der Waals surface area contributed by atoms with Crippen LogP contribution in [-0.2, 0) is 11.2 Å². The van der Waals surface area contributed by atoms with E-state index in [1.165, 1.54) is 4.88 Å². The van der Waals surface area contributed by atoms with Crippen LogP contribution in [-0.4, -0.2) is 37.0 Å². The van der Waals surface area contributed by atoms with Crippen LogP contribution in [0.15, 0.2) is 17.5 Å². The van der Waals surface area contributed by atoms with Gasteiger partial charge in [0.15, 0.2) is 0 Å². The van der Waals surface area contributed by atoms with Gasteiger partial charge < -0.3 is 10.2 Å². The fourth-order valence-electron chi connectivity index (χ4n) is 2.90. The van der Waals surface area contributed by atoms with Crippen LogP contribution in [0.4, 0.5) is 0 Å². The Labute approximate surface area is 118 Å². The third-order valence-electron chi connectivity index (χ3n) is 3.91. The number of likely N-dealkylation sites (tertiary alicyclic amines) is 1. The lowest BCUT2D eigenvalue weighted by atomic mass is 10.0. The highest BCUT2D eigenvalue weighted by Gasteiger charge is 2.37. The Morgan fingerprint density at radius 1 is 1.39 bits per heavy atom. The topological polar surface area (TPSA) is 32.3 Å². The summed E-state index contributed by atoms with van der Waals surface area (Å²) in [4.78, 5) is 15.5. The molecule has 1 N–H and O–H groups in total. The second-order valence-corrected chi connectivity index (χ2v) is 6.09. The molecule has 1 aromatic heterocycles. The average molecular weight is 287 g/mol. The van der Waals surface area contributed by atoms with Crippen molar-refractivity contribution in [3.8, 4) is 0 Å². The lowest BCUT2D eigenvalue weighted by molar-refractivity contribution is -0.130. The van der Waals surface area contributed by atoms with E-state index in [0.717, 1.165) is 32.6 Å². The van der Waals surface area contributed by atoms with Gasteiger partial charge in [0.2, 0.25) is 5.91 Å². The zero-order valence-corrected chi connectivity index (χ0v) is 11.9. The van der Waals surface area contributed by atoms with Gasteiger partial charge in [-0.1, -0.05) is 6.07 Å². The molecule has 0 saturated carbocycles. The minimum atomic E-state index is 0. The van der Waals surface area contributed by atoms with Crippen LogP contribution in [0.1, 0.15) is 11.3 Å². The molecule has 5 heteroatoms. The number of hydrogen-bond donors (Lipinski definition) is 1. The Kier molecular flexibility index (Phi) is 4.65. The largest absolute Gasteiger partial charge is 0.342 e. The van der Waals surface area contributed by atoms with E-state index in [9.17, 15) is 4.79 Å². The summed E-state index contributed by atoms with van der Waals surface area (Å²) in [6, 6.07) is 4.16. The molecule has 1 amide bonds. The van der Waals surface area contributed by atoms with E-state index in [0.29, 0.717) is 24.2 Å². The van der Waals surface area contributed by atoms with Crippen LogP contribution in [0.5, 0.6) is 0 Å². The molecule has 2 saturated heterocycles. The molecule has 0 aromatic carbocycles. The Morgan fingerprint density at radius 3 is 2.72 bits per heavy atom. The number of hydrogen-bond acceptors (Lipinski definition) is 3. The molecular formula is C13H19ClN2OS. The summed E-state index contributed by atoms with van der Waals surface area (Å²) in [6.45, 7) is 4.14. The van der Waals surface area contributed by atoms with Crippen LogP contribution >= 0.6 is 23.7 Å². The van der Waals surface area contributed by atoms with E-state index in [2.05, 4.69) is 27.7 Å². The Hall–Kier alpha value is -0.580. The molecule has 2 atom stereocenters. The van der Waals surface area contributed by atoms with Crippen molar-refractivity contribution < 1.29 is 4.79 Å². The molecule has 18 heavy (non-hydrogen) atoms. The molecule has 0 radical (unpaired) electrons. The molecule has 2 fully saturated rings. The molecular weight excluding hydrogens is 268 g/mol. The maximum atomic E-state index is 12.1. The number of carbonyl (C=O) groups excluding carboxylic acids is 1. The van der Waals surface area contributed by atoms with Crippen LogP contribution < -0.4 is 5.32 Å². The van der Waals surface area contributed by atoms with Crippen LogP contribution in [0, 0.1) is 11.8 Å². The smallest absolute Gasteiger partial charge is 0.222 e. The fourth-order valence-corrected chi connectivity index (χ4v) is 3.61. The van der Waals surface area contributed by atoms with Crippen molar-refractivity contribution in [3.63, 3.8) is 0 Å². The van der Waals surface area contributed by atoms with Crippen LogP contribution in [0.25, 0.3) is 0 Å². The number of fused-ring (bicyclic) bond motifs is 1. The number of nitrogens with zero attached hydrogens (tertiary/aromatic N) is 1. The molecule has 3 rings (SSSR count). The van der Waals surface area contributed by atoms with E-state index >= 15 is 0 Å². The van der Waals surface area contributed by atoms with Gasteiger partial charge in [0.25, 0.3) is 0 Å². The zero-order chi connectivity index (χ0) is 11.7. The van der Waals surface area contributed by atoms with Gasteiger partial charge in [-0.2, -0.15) is 0 Å². The standard InChI is InChI=1S/C13H18N2OS.ClH/c16-13(4-3-12-2-1-5-17-12)15-8-10-6-14-7-11(10)9-15;/h1-2,5,10-11,14H,3-4,6-9H2;1H/t10-,11+;. The van der Waals surface area contributed by atoms with Crippen molar-refractivity contribution in [2.45, 2.75) is 12.8 Å². The number of carbonyl (C=O) groups is 1. The first-order valence-electron chi connectivity index (χ1n) is 6.34. The quantitative estimate of drug-likeness (QED) is 0.919. The Bertz CT molecular complexity index is 384. The van der Waals surface area contributed by atoms with E-state index in [-0.39, 0.29) is 12.4 Å². The first-order chi connectivity index (χ1) is 8.33. The van der Waals surface area contributed by atoms with Gasteiger partial charge in [-0.3, -0.25) is 4.79 Å². The first-order valence-corrected chi connectivity index (χ1v) is 7.22. The van der Waals surface area contributed by atoms with Crippen molar-refractivity contribution in [3.05, 3.63) is 22.4 Å². The highest BCUT2D eigenvalue weighted by atomic mass is 35.5. The van der Waals surface area contributed by atoms with Gasteiger partial charge in [0, 0.05) is 37.5 Å². The Balaban J connectivity index is 0.00000120. The predicted octanol–water partition coefficient (Wildman–Crippen LogP) is 1.78. The van der Waals surface area contributed by atoms with Crippen molar-refractivity contribution >= 4 is 29.7 Å². The summed E-state index contributed by atoms with van der Waals surface area (Å²) in [6.07, 6.45) is 1.58. The zero-order valence-electron chi connectivity index (χ0n) is 10.3. The SMILES string of the molecule is Cl.O=C(CCc1cccs1)N1C[C@H]2CNC[C@H]2C1. The monoisotopic (exact) mass is 286 g/mol. The summed E-state index contributed by atoms with van der Waals surface area (Å²) >= 11 is 1.74. The molecule has 0 spiro atoms. The van der Waals surface area contributed by atoms with Crippen LogP contribution in [0.2, 0.25) is 0 Å². The molecule has 0 bridgehead atoms. The van der Waals surface area contributed by atoms with Crippen molar-refractivity contribution in [2.75, 3.05) is 26.2 Å². The molecule has 3 heterocycles. The number of amides is 1. The number of rotatable bonds is 3. The van der Waals surface area contributed by atoms with Gasteiger partial charge in [-0.15, -0.1) is 23.7 Å². The van der Waals surface area contributed by atoms with Gasteiger partial charge >= 0.3 is 0 Å². The first kappa shape index (κ1) is 13.8. The highest BCUT2D eigenvalue weighted by Crippen LogP contribution is 2.26. The highest BCUT2D eigenvalue weighted by molar-refractivity contribution is 7.09. The Morgan fingerprint density at radius 2 is 2.11 bits per heavy atom. The fraction of sp³-hybridized carbons (Fsp3) is 0.615. The lowest BCUT2D eigenvalue weighted by Gasteiger charge is -2.17. The number of thiophene rings is 1. The second kappa shape index (κ2) is 6.04.